The van der Waals surface area contributed by atoms with Crippen molar-refractivity contribution in [2.45, 2.75) is 20.4 Å². The predicted molar refractivity (Wildman–Crippen MR) is 69.1 cm³/mol. The summed E-state index contributed by atoms with van der Waals surface area (Å²) in [7, 11) is 0. The Balaban J connectivity index is 3.04. The third kappa shape index (κ3) is 3.53. The number of rotatable bonds is 6. The van der Waals surface area contributed by atoms with Crippen LogP contribution in [0.25, 0.3) is 5.57 Å². The highest BCUT2D eigenvalue weighted by atomic mass is 32.2. The molecule has 18 heavy (non-hydrogen) atoms. The van der Waals surface area contributed by atoms with Gasteiger partial charge in [0.1, 0.15) is 5.76 Å². The van der Waals surface area contributed by atoms with Gasteiger partial charge in [0.15, 0.2) is 12.8 Å². The van der Waals surface area contributed by atoms with E-state index in [1.54, 1.807) is 29.4 Å². The number of thioether (sulfide) groups is 1. The molecule has 1 N–H and O–H groups in total. The van der Waals surface area contributed by atoms with Crippen LogP contribution in [0.3, 0.4) is 0 Å². The summed E-state index contributed by atoms with van der Waals surface area (Å²) >= 11 is 1.69. The third-order valence-corrected chi connectivity index (χ3v) is 2.86. The Kier molecular flexibility index (Phi) is 5.77. The number of carbonyl (C=O) groups excluding carboxylic acids is 1. The number of allylic oxidation sites excluding steroid dienone is 1. The second kappa shape index (κ2) is 7.10. The molecule has 0 saturated carbocycles. The Morgan fingerprint density at radius 1 is 1.61 bits per heavy atom. The molecule has 0 bridgehead atoms. The molecule has 0 aromatic carbocycles. The van der Waals surface area contributed by atoms with E-state index in [0.717, 1.165) is 5.75 Å². The van der Waals surface area contributed by atoms with Gasteiger partial charge in [-0.05, 0) is 20.1 Å². The molecule has 0 amide bonds. The van der Waals surface area contributed by atoms with Crippen LogP contribution < -0.4 is 4.57 Å². The minimum atomic E-state index is -0.578. The highest BCUT2D eigenvalue weighted by Crippen LogP contribution is 2.16. The smallest absolute Gasteiger partial charge is 0.391 e. The number of esters is 1. The SMILES string of the molecule is CCOC(=O)/C(=C(/C)O)c1occ[n+]1CCSC. The lowest BCUT2D eigenvalue weighted by atomic mass is 10.2. The monoisotopic (exact) mass is 272 g/mol. The molecule has 1 heterocycles. The fourth-order valence-electron chi connectivity index (χ4n) is 1.47. The number of aryl methyl sites for hydroxylation is 1. The molecule has 100 valence electrons. The second-order valence-electron chi connectivity index (χ2n) is 3.58. The van der Waals surface area contributed by atoms with Gasteiger partial charge in [-0.3, -0.25) is 0 Å². The zero-order valence-electron chi connectivity index (χ0n) is 10.8. The van der Waals surface area contributed by atoms with Crippen LogP contribution in [0.15, 0.2) is 22.6 Å². The lowest BCUT2D eigenvalue weighted by Crippen LogP contribution is -2.37. The molecule has 0 atom stereocenters. The summed E-state index contributed by atoms with van der Waals surface area (Å²) in [6.45, 7) is 4.10. The summed E-state index contributed by atoms with van der Waals surface area (Å²) in [5.74, 6) is 0.520. The first-order valence-corrected chi connectivity index (χ1v) is 7.04. The summed E-state index contributed by atoms with van der Waals surface area (Å²) in [6.07, 6.45) is 5.21. The van der Waals surface area contributed by atoms with E-state index in [9.17, 15) is 9.90 Å². The zero-order chi connectivity index (χ0) is 13.5. The van der Waals surface area contributed by atoms with Crippen molar-refractivity contribution in [1.82, 2.24) is 0 Å². The Hall–Kier alpha value is -1.43. The van der Waals surface area contributed by atoms with Crippen molar-refractivity contribution in [2.24, 2.45) is 0 Å². The first-order chi connectivity index (χ1) is 8.61. The standard InChI is InChI=1S/C12H17NO4S/c1-4-16-12(15)10(9(2)14)11-13(5-7-17-11)6-8-18-3/h5,7H,4,6,8H2,1-3H3/p+1. The normalized spacial score (nSPS) is 12.2. The molecule has 1 rings (SSSR count). The lowest BCUT2D eigenvalue weighted by molar-refractivity contribution is -0.697. The van der Waals surface area contributed by atoms with Gasteiger partial charge in [0.05, 0.1) is 12.4 Å². The van der Waals surface area contributed by atoms with Gasteiger partial charge in [0, 0.05) is 0 Å². The highest BCUT2D eigenvalue weighted by molar-refractivity contribution is 7.98. The van der Waals surface area contributed by atoms with E-state index < -0.39 is 5.97 Å². The van der Waals surface area contributed by atoms with E-state index >= 15 is 0 Å². The molecule has 6 heteroatoms. The largest absolute Gasteiger partial charge is 0.511 e. The molecule has 0 aliphatic rings. The number of nitrogens with zero attached hydrogens (tertiary/aromatic N) is 1. The maximum Gasteiger partial charge on any atom is 0.391 e. The first kappa shape index (κ1) is 14.6. The fraction of sp³-hybridized carbons (Fsp3) is 0.500. The number of carbonyl (C=O) groups is 1. The van der Waals surface area contributed by atoms with Crippen LogP contribution >= 0.6 is 11.8 Å². The van der Waals surface area contributed by atoms with Gasteiger partial charge in [-0.15, -0.1) is 0 Å². The molecule has 0 spiro atoms. The molecular formula is C12H18NO4S+. The van der Waals surface area contributed by atoms with Crippen LogP contribution in [0.5, 0.6) is 0 Å². The average Bonchev–Trinajstić information content (AvgIpc) is 2.74. The minimum absolute atomic E-state index is 0.0722. The predicted octanol–water partition coefficient (Wildman–Crippen LogP) is 1.78. The summed E-state index contributed by atoms with van der Waals surface area (Å²) in [6, 6.07) is 0. The summed E-state index contributed by atoms with van der Waals surface area (Å²) < 4.78 is 12.0. The Labute approximate surface area is 110 Å². The topological polar surface area (TPSA) is 63.6 Å². The molecule has 5 nitrogen and oxygen atoms in total. The minimum Gasteiger partial charge on any atom is -0.511 e. The van der Waals surface area contributed by atoms with E-state index in [1.165, 1.54) is 13.2 Å². The number of ether oxygens (including phenoxy) is 1. The van der Waals surface area contributed by atoms with Crippen LogP contribution in [-0.4, -0.2) is 29.7 Å². The molecule has 0 fully saturated rings. The molecule has 0 unspecified atom stereocenters. The summed E-state index contributed by atoms with van der Waals surface area (Å²) in [5.41, 5.74) is 0.0722. The van der Waals surface area contributed by atoms with Crippen LogP contribution in [0.4, 0.5) is 0 Å². The van der Waals surface area contributed by atoms with E-state index in [1.807, 2.05) is 6.26 Å². The van der Waals surface area contributed by atoms with E-state index in [4.69, 9.17) is 9.15 Å². The van der Waals surface area contributed by atoms with Crippen molar-refractivity contribution in [3.05, 3.63) is 24.1 Å². The van der Waals surface area contributed by atoms with Crippen LogP contribution in [-0.2, 0) is 16.1 Å². The van der Waals surface area contributed by atoms with Crippen LogP contribution in [0.2, 0.25) is 0 Å². The van der Waals surface area contributed by atoms with Crippen molar-refractivity contribution in [3.63, 3.8) is 0 Å². The number of aliphatic hydroxyl groups excluding tert-OH is 1. The number of aromatic nitrogens is 1. The fourth-order valence-corrected chi connectivity index (χ4v) is 1.84. The van der Waals surface area contributed by atoms with Crippen molar-refractivity contribution in [3.8, 4) is 0 Å². The van der Waals surface area contributed by atoms with E-state index in [0.29, 0.717) is 12.4 Å². The molecule has 1 aromatic rings. The molecule has 0 radical (unpaired) electrons. The van der Waals surface area contributed by atoms with Crippen molar-refractivity contribution < 1.29 is 23.6 Å². The van der Waals surface area contributed by atoms with Crippen molar-refractivity contribution >= 4 is 23.3 Å². The summed E-state index contributed by atoms with van der Waals surface area (Å²) in [4.78, 5) is 11.8. The van der Waals surface area contributed by atoms with Gasteiger partial charge in [-0.2, -0.15) is 16.3 Å². The first-order valence-electron chi connectivity index (χ1n) is 5.65. The van der Waals surface area contributed by atoms with Gasteiger partial charge >= 0.3 is 11.9 Å². The Morgan fingerprint density at radius 3 is 2.89 bits per heavy atom. The molecule has 1 aromatic heterocycles. The molecular weight excluding hydrogens is 254 g/mol. The summed E-state index contributed by atoms with van der Waals surface area (Å²) in [5, 5.41) is 9.63. The van der Waals surface area contributed by atoms with Crippen molar-refractivity contribution in [1.29, 1.82) is 0 Å². The zero-order valence-corrected chi connectivity index (χ0v) is 11.6. The van der Waals surface area contributed by atoms with Crippen molar-refractivity contribution in [2.75, 3.05) is 18.6 Å². The Bertz CT molecular complexity index is 435. The van der Waals surface area contributed by atoms with Gasteiger partial charge in [0.25, 0.3) is 0 Å². The van der Waals surface area contributed by atoms with Gasteiger partial charge in [-0.1, -0.05) is 0 Å². The number of oxazole rings is 1. The quantitative estimate of drug-likeness (QED) is 0.370. The van der Waals surface area contributed by atoms with Crippen LogP contribution in [0, 0.1) is 0 Å². The Morgan fingerprint density at radius 2 is 2.33 bits per heavy atom. The number of hydrogen-bond donors (Lipinski definition) is 1. The van der Waals surface area contributed by atoms with Gasteiger partial charge in [-0.25, -0.2) is 4.79 Å². The van der Waals surface area contributed by atoms with Gasteiger partial charge < -0.3 is 14.3 Å². The number of aliphatic hydroxyl groups is 1. The highest BCUT2D eigenvalue weighted by Gasteiger charge is 2.29. The van der Waals surface area contributed by atoms with Crippen LogP contribution in [0.1, 0.15) is 19.7 Å². The maximum absolute atomic E-state index is 11.8. The molecule has 0 aliphatic heterocycles. The molecule has 0 aliphatic carbocycles. The second-order valence-corrected chi connectivity index (χ2v) is 4.56. The lowest BCUT2D eigenvalue weighted by Gasteiger charge is -2.03. The molecule has 0 saturated heterocycles. The van der Waals surface area contributed by atoms with Gasteiger partial charge in [0.2, 0.25) is 11.8 Å². The number of hydrogen-bond acceptors (Lipinski definition) is 5. The average molecular weight is 272 g/mol. The van der Waals surface area contributed by atoms with E-state index in [2.05, 4.69) is 0 Å². The maximum atomic E-state index is 11.8. The van der Waals surface area contributed by atoms with E-state index in [-0.39, 0.29) is 17.9 Å². The third-order valence-electron chi connectivity index (χ3n) is 2.27.